The fourth-order valence-electron chi connectivity index (χ4n) is 0. The van der Waals surface area contributed by atoms with Gasteiger partial charge in [0.05, 0.1) is 7.85 Å². The average Bonchev–Trinajstić information content (AvgIpc) is 1.36. The Labute approximate surface area is 67.1 Å². The lowest BCUT2D eigenvalue weighted by Crippen LogP contribution is -1.98. The van der Waals surface area contributed by atoms with Crippen molar-refractivity contribution in [1.29, 1.82) is 0 Å². The Kier molecular flexibility index (Phi) is 4.52. The Bertz CT molecular complexity index is 30.5. The third-order valence-electron chi connectivity index (χ3n) is 0.504. The highest BCUT2D eigenvalue weighted by Crippen LogP contribution is 2.16. The van der Waals surface area contributed by atoms with Crippen LogP contribution in [0.1, 0.15) is 6.92 Å². The Balaban J connectivity index is 2.99. The van der Waals surface area contributed by atoms with Gasteiger partial charge in [0.15, 0.2) is 0 Å². The molecule has 0 unspecified atom stereocenters. The predicted molar refractivity (Wildman–Crippen MR) is 51.8 cm³/mol. The molecular weight excluding hydrogens is 299 g/mol. The van der Waals surface area contributed by atoms with Crippen LogP contribution < -0.4 is 0 Å². The van der Waals surface area contributed by atoms with Crippen LogP contribution in [0.15, 0.2) is 0 Å². The molecule has 0 saturated carbocycles. The van der Waals surface area contributed by atoms with Crippen LogP contribution in [0, 0.1) is 0 Å². The molecule has 1 atom stereocenters. The minimum Gasteiger partial charge on any atom is -0.134 e. The number of rotatable bonds is 1. The first-order valence-electron chi connectivity index (χ1n) is 1.92. The van der Waals surface area contributed by atoms with Gasteiger partial charge in [0.1, 0.15) is 0 Å². The third-order valence-corrected chi connectivity index (χ3v) is 3.38. The van der Waals surface area contributed by atoms with Gasteiger partial charge >= 0.3 is 0 Å². The molecule has 0 N–H and O–H groups in total. The molecule has 0 aliphatic rings. The molecule has 0 heterocycles. The largest absolute Gasteiger partial charge is 0.284 e. The van der Waals surface area contributed by atoms with Crippen molar-refractivity contribution >= 4 is 55.0 Å². The van der Waals surface area contributed by atoms with E-state index < -0.39 is 0 Å². The molecular formula is C2H6B2I2. The normalized spacial score (nSPS) is 13.8. The van der Waals surface area contributed by atoms with Gasteiger partial charge in [-0.25, -0.2) is 0 Å². The van der Waals surface area contributed by atoms with Crippen LogP contribution in [0.4, 0.5) is 0 Å². The molecule has 4 heteroatoms. The average molecular weight is 306 g/mol. The first-order chi connectivity index (χ1) is 2.64. The van der Waals surface area contributed by atoms with Gasteiger partial charge in [-0.3, -0.25) is 0 Å². The van der Waals surface area contributed by atoms with Gasteiger partial charge in [-0.05, 0) is 0 Å². The van der Waals surface area contributed by atoms with Crippen LogP contribution in [0.2, 0.25) is 5.72 Å². The Morgan fingerprint density at radius 1 is 1.67 bits per heavy atom. The van der Waals surface area contributed by atoms with Crippen molar-refractivity contribution in [3.05, 3.63) is 0 Å². The summed E-state index contributed by atoms with van der Waals surface area (Å²) < 4.78 is 0.792. The van der Waals surface area contributed by atoms with E-state index in [0.717, 1.165) is 8.14 Å². The Morgan fingerprint density at radius 3 is 1.83 bits per heavy atom. The van der Waals surface area contributed by atoms with Gasteiger partial charge in [-0.1, -0.05) is 12.6 Å². The summed E-state index contributed by atoms with van der Waals surface area (Å²) in [7, 11) is 2.23. The van der Waals surface area contributed by atoms with Crippen molar-refractivity contribution in [1.82, 2.24) is 0 Å². The summed E-state index contributed by atoms with van der Waals surface area (Å²) >= 11 is 4.84. The maximum Gasteiger partial charge on any atom is 0.284 e. The predicted octanol–water partition coefficient (Wildman–Crippen LogP) is 1.33. The third kappa shape index (κ3) is 3.77. The molecule has 0 aromatic carbocycles. The van der Waals surface area contributed by atoms with E-state index in [4.69, 9.17) is 0 Å². The first kappa shape index (κ1) is 7.59. The van der Waals surface area contributed by atoms with Gasteiger partial charge in [-0.15, -0.1) is 44.7 Å². The first-order valence-corrected chi connectivity index (χ1v) is 4.42. The van der Waals surface area contributed by atoms with E-state index >= 15 is 0 Å². The van der Waals surface area contributed by atoms with E-state index in [9.17, 15) is 0 Å². The van der Waals surface area contributed by atoms with Crippen LogP contribution in [-0.4, -0.2) is 10.3 Å². The summed E-state index contributed by atoms with van der Waals surface area (Å²) in [6.45, 7) is 2.23. The molecule has 0 nitrogen and oxygen atoms in total. The SMILES string of the molecule is B[C@H](C)B(I)I. The van der Waals surface area contributed by atoms with E-state index in [1.165, 1.54) is 0 Å². The lowest BCUT2D eigenvalue weighted by Gasteiger charge is -1.96. The molecule has 0 saturated heterocycles. The second-order valence-electron chi connectivity index (χ2n) is 1.58. The maximum atomic E-state index is 2.42. The summed E-state index contributed by atoms with van der Waals surface area (Å²) in [5.74, 6) is 0. The van der Waals surface area contributed by atoms with Crippen LogP contribution >= 0.6 is 44.7 Å². The fourth-order valence-corrected chi connectivity index (χ4v) is 0. The zero-order chi connectivity index (χ0) is 5.15. The van der Waals surface area contributed by atoms with Crippen LogP contribution in [0.5, 0.6) is 0 Å². The molecule has 0 radical (unpaired) electrons. The van der Waals surface area contributed by atoms with Gasteiger partial charge in [0.25, 0.3) is 2.43 Å². The molecule has 0 amide bonds. The summed E-state index contributed by atoms with van der Waals surface area (Å²) in [5, 5.41) is 0. The molecule has 0 aromatic heterocycles. The van der Waals surface area contributed by atoms with Crippen LogP contribution in [0.25, 0.3) is 0 Å². The van der Waals surface area contributed by atoms with Crippen LogP contribution in [0.3, 0.4) is 0 Å². The van der Waals surface area contributed by atoms with Crippen LogP contribution in [-0.2, 0) is 0 Å². The summed E-state index contributed by atoms with van der Waals surface area (Å²) in [6, 6.07) is 0. The topological polar surface area (TPSA) is 0 Å². The van der Waals surface area contributed by atoms with Crippen molar-refractivity contribution in [3.8, 4) is 0 Å². The minimum atomic E-state index is 0.792. The number of hydrogen-bond acceptors (Lipinski definition) is 0. The van der Waals surface area contributed by atoms with Gasteiger partial charge in [-0.2, -0.15) is 0 Å². The molecule has 0 aromatic rings. The second kappa shape index (κ2) is 3.57. The zero-order valence-corrected chi connectivity index (χ0v) is 8.23. The number of halogens is 2. The fraction of sp³-hybridized carbons (Fsp3) is 1.00. The number of hydrogen-bond donors (Lipinski definition) is 0. The summed E-state index contributed by atoms with van der Waals surface area (Å²) in [4.78, 5) is 0. The van der Waals surface area contributed by atoms with Gasteiger partial charge < -0.3 is 0 Å². The molecule has 0 spiro atoms. The highest BCUT2D eigenvalue weighted by molar-refractivity contribution is 14.3. The van der Waals surface area contributed by atoms with E-state index in [-0.39, 0.29) is 0 Å². The zero-order valence-electron chi connectivity index (χ0n) is 3.91. The monoisotopic (exact) mass is 306 g/mol. The molecule has 0 fully saturated rings. The van der Waals surface area contributed by atoms with Crippen molar-refractivity contribution in [2.45, 2.75) is 12.6 Å². The summed E-state index contributed by atoms with van der Waals surface area (Å²) in [5.41, 5.74) is 0.825. The molecule has 0 rings (SSSR count). The molecule has 0 aliphatic heterocycles. The quantitative estimate of drug-likeness (QED) is 0.506. The van der Waals surface area contributed by atoms with E-state index in [2.05, 4.69) is 59.5 Å². The Hall–Kier alpha value is 1.59. The molecule has 0 aliphatic carbocycles. The minimum absolute atomic E-state index is 0.792. The standard InChI is InChI=1S/C2H6B2I2/c1-2(3)4(5)6/h2H,3H2,1H3/t2-/m0/s1. The van der Waals surface area contributed by atoms with Gasteiger partial charge in [0.2, 0.25) is 0 Å². The Morgan fingerprint density at radius 2 is 1.83 bits per heavy atom. The van der Waals surface area contributed by atoms with Crippen molar-refractivity contribution < 1.29 is 0 Å². The highest BCUT2D eigenvalue weighted by atomic mass is 127. The van der Waals surface area contributed by atoms with Crippen molar-refractivity contribution in [2.24, 2.45) is 0 Å². The molecule has 6 heavy (non-hydrogen) atoms. The van der Waals surface area contributed by atoms with E-state index in [1.807, 2.05) is 0 Å². The lowest BCUT2D eigenvalue weighted by atomic mass is 9.72. The maximum absolute atomic E-state index is 2.42. The smallest absolute Gasteiger partial charge is 0.134 e. The van der Waals surface area contributed by atoms with Crippen molar-refractivity contribution in [3.63, 3.8) is 0 Å². The molecule has 34 valence electrons. The lowest BCUT2D eigenvalue weighted by molar-refractivity contribution is 1.36. The van der Waals surface area contributed by atoms with Gasteiger partial charge in [0, 0.05) is 0 Å². The van der Waals surface area contributed by atoms with E-state index in [1.54, 1.807) is 0 Å². The molecule has 0 bridgehead atoms. The highest BCUT2D eigenvalue weighted by Gasteiger charge is 2.06. The van der Waals surface area contributed by atoms with E-state index in [0.29, 0.717) is 0 Å². The summed E-state index contributed by atoms with van der Waals surface area (Å²) in [6.07, 6.45) is 0. The van der Waals surface area contributed by atoms with Crippen molar-refractivity contribution in [2.75, 3.05) is 0 Å². The second-order valence-corrected chi connectivity index (χ2v) is 6.65.